The molecule has 0 saturated heterocycles. The number of rotatable bonds is 6. The summed E-state index contributed by atoms with van der Waals surface area (Å²) >= 11 is 0. The lowest BCUT2D eigenvalue weighted by Gasteiger charge is -2.10. The third-order valence-electron chi connectivity index (χ3n) is 2.12. The Balaban J connectivity index is 2.57. The van der Waals surface area contributed by atoms with E-state index in [0.29, 0.717) is 17.1 Å². The summed E-state index contributed by atoms with van der Waals surface area (Å²) in [6.07, 6.45) is 4.78. The summed E-state index contributed by atoms with van der Waals surface area (Å²) in [6.45, 7) is 5.58. The van der Waals surface area contributed by atoms with E-state index in [1.165, 1.54) is 13.2 Å². The summed E-state index contributed by atoms with van der Waals surface area (Å²) in [7, 11) is -2.42. The van der Waals surface area contributed by atoms with Crippen LogP contribution >= 0.6 is 0 Å². The minimum Gasteiger partial charge on any atom is -0.488 e. The first kappa shape index (κ1) is 14.4. The van der Waals surface area contributed by atoms with Gasteiger partial charge < -0.3 is 4.74 Å². The van der Waals surface area contributed by atoms with Crippen molar-refractivity contribution in [1.29, 1.82) is 0 Å². The van der Waals surface area contributed by atoms with E-state index in [9.17, 15) is 8.42 Å². The molecule has 0 fully saturated rings. The fourth-order valence-corrected chi connectivity index (χ4v) is 1.77. The molecule has 18 heavy (non-hydrogen) atoms. The second-order valence-electron chi connectivity index (χ2n) is 3.48. The molecule has 0 aromatic carbocycles. The molecule has 0 atom stereocenters. The fraction of sp³-hybridized carbons (Fsp3) is 0.333. The Morgan fingerprint density at radius 1 is 1.61 bits per heavy atom. The van der Waals surface area contributed by atoms with E-state index >= 15 is 0 Å². The van der Waals surface area contributed by atoms with Crippen LogP contribution in [0.3, 0.4) is 0 Å². The van der Waals surface area contributed by atoms with Gasteiger partial charge in [-0.1, -0.05) is 17.4 Å². The van der Waals surface area contributed by atoms with Crippen molar-refractivity contribution in [3.8, 4) is 0 Å². The number of ether oxygens (including phenoxy) is 1. The van der Waals surface area contributed by atoms with Crippen molar-refractivity contribution >= 4 is 15.9 Å². The van der Waals surface area contributed by atoms with Gasteiger partial charge in [0.2, 0.25) is 0 Å². The van der Waals surface area contributed by atoms with Gasteiger partial charge in [-0.25, -0.2) is 6.08 Å². The van der Waals surface area contributed by atoms with E-state index < -0.39 is 10.1 Å². The van der Waals surface area contributed by atoms with E-state index in [2.05, 4.69) is 5.73 Å². The summed E-state index contributed by atoms with van der Waals surface area (Å²) < 4.78 is 39.8. The second-order valence-corrected chi connectivity index (χ2v) is 5.05. The van der Waals surface area contributed by atoms with Gasteiger partial charge in [-0.3, -0.25) is 15.6 Å². The molecule has 0 amide bonds. The quantitative estimate of drug-likeness (QED) is 0.257. The van der Waals surface area contributed by atoms with Gasteiger partial charge in [0.15, 0.2) is 0 Å². The third kappa shape index (κ3) is 4.71. The zero-order chi connectivity index (χ0) is 13.6. The highest BCUT2D eigenvalue weighted by molar-refractivity contribution is 7.85. The van der Waals surface area contributed by atoms with Gasteiger partial charge in [0.05, 0.1) is 18.4 Å². The third-order valence-corrected chi connectivity index (χ3v) is 2.92. The molecule has 0 aliphatic heterocycles. The average molecular weight is 270 g/mol. The molecular formula is C12H14O5S. The molecule has 0 unspecified atom stereocenters. The summed E-state index contributed by atoms with van der Waals surface area (Å²) in [4.78, 5) is 0. The lowest BCUT2D eigenvalue weighted by molar-refractivity contribution is -0.418. The Bertz CT molecular complexity index is 545. The van der Waals surface area contributed by atoms with Crippen molar-refractivity contribution in [3.63, 3.8) is 0 Å². The summed E-state index contributed by atoms with van der Waals surface area (Å²) in [6, 6.07) is 0. The van der Waals surface area contributed by atoms with Crippen LogP contribution in [0.4, 0.5) is 0 Å². The van der Waals surface area contributed by atoms with Crippen LogP contribution in [-0.4, -0.2) is 38.2 Å². The van der Waals surface area contributed by atoms with Crippen LogP contribution < -0.4 is 0 Å². The lowest BCUT2D eigenvalue weighted by Crippen LogP contribution is -2.08. The van der Waals surface area contributed by atoms with Crippen molar-refractivity contribution in [2.24, 2.45) is 0 Å². The number of ketones is 1. The molecule has 5 nitrogen and oxygen atoms in total. The van der Waals surface area contributed by atoms with E-state index in [1.807, 2.05) is 0 Å². The minimum absolute atomic E-state index is 0.159. The second kappa shape index (κ2) is 6.35. The van der Waals surface area contributed by atoms with Crippen molar-refractivity contribution < 1.29 is 22.1 Å². The molecule has 6 heteroatoms. The Morgan fingerprint density at radius 3 is 2.89 bits per heavy atom. The van der Waals surface area contributed by atoms with Crippen molar-refractivity contribution in [1.82, 2.24) is 0 Å². The van der Waals surface area contributed by atoms with Crippen molar-refractivity contribution in [2.75, 3.05) is 19.5 Å². The predicted octanol–water partition coefficient (Wildman–Crippen LogP) is 0.984. The zero-order valence-electron chi connectivity index (χ0n) is 9.92. The Hall–Kier alpha value is -1.62. The van der Waals surface area contributed by atoms with Crippen LogP contribution in [0.1, 0.15) is 6.42 Å². The van der Waals surface area contributed by atoms with Gasteiger partial charge in [-0.05, 0) is 6.42 Å². The molecule has 0 heterocycles. The average Bonchev–Trinajstić information content (AvgIpc) is 2.33. The highest BCUT2D eigenvalue weighted by atomic mass is 32.2. The number of hydrogen-bond acceptors (Lipinski definition) is 3. The molecule has 1 aliphatic carbocycles. The van der Waals surface area contributed by atoms with Gasteiger partial charge in [-0.2, -0.15) is 8.42 Å². The SMILES string of the molecule is [CH-]=CC1=CC(OCCCS(=O)(=O)O)=C=CC1=[O+]C. The molecule has 0 spiro atoms. The zero-order valence-corrected chi connectivity index (χ0v) is 10.7. The maximum absolute atomic E-state index is 10.5. The van der Waals surface area contributed by atoms with Crippen LogP contribution in [0.15, 0.2) is 35.3 Å². The first-order valence-electron chi connectivity index (χ1n) is 5.19. The van der Waals surface area contributed by atoms with Crippen molar-refractivity contribution in [2.45, 2.75) is 6.42 Å². The van der Waals surface area contributed by atoms with Crippen LogP contribution in [0.25, 0.3) is 0 Å². The van der Waals surface area contributed by atoms with Crippen LogP contribution in [0.5, 0.6) is 0 Å². The minimum atomic E-state index is -3.94. The maximum Gasteiger partial charge on any atom is 0.282 e. The Kier molecular flexibility index (Phi) is 5.09. The van der Waals surface area contributed by atoms with Gasteiger partial charge in [0.1, 0.15) is 5.76 Å². The largest absolute Gasteiger partial charge is 0.488 e. The molecule has 0 aromatic heterocycles. The molecule has 1 rings (SSSR count). The molecule has 0 radical (unpaired) electrons. The van der Waals surface area contributed by atoms with E-state index in [1.54, 1.807) is 12.2 Å². The molecule has 0 saturated carbocycles. The maximum atomic E-state index is 10.5. The molecule has 1 aliphatic rings. The van der Waals surface area contributed by atoms with Crippen LogP contribution in [0.2, 0.25) is 0 Å². The molecular weight excluding hydrogens is 256 g/mol. The van der Waals surface area contributed by atoms with E-state index in [0.717, 1.165) is 0 Å². The lowest BCUT2D eigenvalue weighted by atomic mass is 10.1. The summed E-state index contributed by atoms with van der Waals surface area (Å²) in [5.74, 6) is 0.671. The number of carbonyl (C=O) groups excluding carboxylic acids is 1. The van der Waals surface area contributed by atoms with Gasteiger partial charge in [-0.15, -0.1) is 0 Å². The summed E-state index contributed by atoms with van der Waals surface area (Å²) in [5.41, 5.74) is 3.48. The number of allylic oxidation sites excluding steroid dienone is 3. The topological polar surface area (TPSA) is 74.9 Å². The van der Waals surface area contributed by atoms with Gasteiger partial charge in [0, 0.05) is 0 Å². The van der Waals surface area contributed by atoms with E-state index in [-0.39, 0.29) is 18.8 Å². The smallest absolute Gasteiger partial charge is 0.282 e. The van der Waals surface area contributed by atoms with Crippen LogP contribution in [0, 0.1) is 6.58 Å². The monoisotopic (exact) mass is 270 g/mol. The molecule has 1 N–H and O–H groups in total. The molecule has 98 valence electrons. The standard InChI is InChI=1S/C12H14O5S/c1-3-10-9-11(5-6-12(10)16-2)17-7-4-8-18(13,14)15/h1,3,6,9H,4,7-8H2,2H3,(H,13,14,15). The van der Waals surface area contributed by atoms with Crippen molar-refractivity contribution in [3.05, 3.63) is 41.9 Å². The highest BCUT2D eigenvalue weighted by Gasteiger charge is 2.09. The van der Waals surface area contributed by atoms with Gasteiger partial charge >= 0.3 is 0 Å². The Labute approximate surface area is 106 Å². The summed E-state index contributed by atoms with van der Waals surface area (Å²) in [5, 5.41) is 0. The first-order chi connectivity index (χ1) is 8.46. The molecule has 0 aromatic rings. The molecule has 0 bridgehead atoms. The normalized spacial score (nSPS) is 17.3. The highest BCUT2D eigenvalue weighted by Crippen LogP contribution is 2.11. The predicted molar refractivity (Wildman–Crippen MR) is 66.5 cm³/mol. The van der Waals surface area contributed by atoms with Gasteiger partial charge in [0.25, 0.3) is 23.0 Å². The Morgan fingerprint density at radius 2 is 2.33 bits per heavy atom. The fourth-order valence-electron chi connectivity index (χ4n) is 1.29. The number of hydrogen-bond donors (Lipinski definition) is 1. The van der Waals surface area contributed by atoms with E-state index in [4.69, 9.17) is 20.3 Å². The first-order valence-corrected chi connectivity index (χ1v) is 6.80. The van der Waals surface area contributed by atoms with Crippen LogP contribution in [-0.2, 0) is 19.3 Å².